The first-order valence-corrected chi connectivity index (χ1v) is 8.50. The van der Waals surface area contributed by atoms with Crippen molar-refractivity contribution in [2.24, 2.45) is 4.99 Å². The molecule has 0 radical (unpaired) electrons. The van der Waals surface area contributed by atoms with Crippen molar-refractivity contribution in [3.8, 4) is 0 Å². The molecule has 0 aromatic heterocycles. The number of ether oxygens (including phenoxy) is 1. The molecule has 4 heteroatoms. The van der Waals surface area contributed by atoms with Crippen LogP contribution in [0.4, 0.5) is 11.4 Å². The van der Waals surface area contributed by atoms with E-state index in [0.29, 0.717) is 12.6 Å². The summed E-state index contributed by atoms with van der Waals surface area (Å²) in [6.45, 7) is 1.42. The Balaban J connectivity index is 1.42. The Bertz CT molecular complexity index is 892. The Hall–Kier alpha value is -3.01. The fourth-order valence-electron chi connectivity index (χ4n) is 3.06. The number of rotatable bonds is 4. The summed E-state index contributed by atoms with van der Waals surface area (Å²) in [5.41, 5.74) is 2.18. The maximum absolute atomic E-state index is 5.69. The molecule has 0 unspecified atom stereocenters. The molecule has 0 amide bonds. The van der Waals surface area contributed by atoms with Crippen LogP contribution in [-0.2, 0) is 4.74 Å². The van der Waals surface area contributed by atoms with Gasteiger partial charge in [0, 0.05) is 25.0 Å². The molecule has 1 atom stereocenters. The summed E-state index contributed by atoms with van der Waals surface area (Å²) >= 11 is 0. The van der Waals surface area contributed by atoms with Crippen molar-refractivity contribution in [1.29, 1.82) is 0 Å². The molecule has 4 nitrogen and oxygen atoms in total. The van der Waals surface area contributed by atoms with E-state index in [1.54, 1.807) is 0 Å². The lowest BCUT2D eigenvalue weighted by molar-refractivity contribution is 0.317. The number of hydrogen-bond acceptors (Lipinski definition) is 4. The zero-order valence-corrected chi connectivity index (χ0v) is 14.2. The minimum atomic E-state index is 0.127. The molecule has 1 aliphatic heterocycles. The Morgan fingerprint density at radius 2 is 1.76 bits per heavy atom. The molecule has 126 valence electrons. The van der Waals surface area contributed by atoms with Crippen molar-refractivity contribution in [2.75, 3.05) is 30.4 Å². The summed E-state index contributed by atoms with van der Waals surface area (Å²) in [5.74, 6) is 0. The Kier molecular flexibility index (Phi) is 4.25. The number of nitrogens with zero attached hydrogens (tertiary/aromatic N) is 2. The third kappa shape index (κ3) is 3.58. The van der Waals surface area contributed by atoms with Gasteiger partial charge in [-0.1, -0.05) is 48.5 Å². The fourth-order valence-corrected chi connectivity index (χ4v) is 3.06. The van der Waals surface area contributed by atoms with E-state index in [0.717, 1.165) is 12.2 Å². The first-order chi connectivity index (χ1) is 12.3. The largest absolute Gasteiger partial charge is 0.463 e. The Morgan fingerprint density at radius 3 is 2.60 bits per heavy atom. The van der Waals surface area contributed by atoms with E-state index in [1.165, 1.54) is 16.5 Å². The van der Waals surface area contributed by atoms with Crippen LogP contribution in [0.1, 0.15) is 0 Å². The maximum Gasteiger partial charge on any atom is 0.289 e. The molecule has 0 fully saturated rings. The molecule has 0 bridgehead atoms. The molecule has 0 saturated carbocycles. The zero-order chi connectivity index (χ0) is 17.1. The molecular weight excluding hydrogens is 310 g/mol. The van der Waals surface area contributed by atoms with Crippen LogP contribution in [0.2, 0.25) is 0 Å². The van der Waals surface area contributed by atoms with Gasteiger partial charge in [0.1, 0.15) is 12.6 Å². The van der Waals surface area contributed by atoms with Gasteiger partial charge in [-0.25, -0.2) is 4.99 Å². The normalized spacial score (nSPS) is 16.4. The minimum Gasteiger partial charge on any atom is -0.463 e. The minimum absolute atomic E-state index is 0.127. The summed E-state index contributed by atoms with van der Waals surface area (Å²) in [5, 5.41) is 5.73. The molecule has 1 aliphatic rings. The monoisotopic (exact) mass is 331 g/mol. The standard InChI is InChI=1S/C21H21N3O/c1-24(20-12-11-16-7-5-6-8-17(16)13-20)14-19-15-25-21(23-19)22-18-9-3-2-4-10-18/h2-13,19H,14-15H2,1H3,(H,22,23)/t19-/m1/s1. The van der Waals surface area contributed by atoms with Gasteiger partial charge in [0.2, 0.25) is 0 Å². The van der Waals surface area contributed by atoms with E-state index >= 15 is 0 Å². The van der Waals surface area contributed by atoms with Crippen molar-refractivity contribution in [3.63, 3.8) is 0 Å². The quantitative estimate of drug-likeness (QED) is 0.780. The molecular formula is C21H21N3O. The predicted octanol–water partition coefficient (Wildman–Crippen LogP) is 4.14. The molecule has 1 N–H and O–H groups in total. The summed E-state index contributed by atoms with van der Waals surface area (Å²) in [7, 11) is 2.10. The second-order valence-electron chi connectivity index (χ2n) is 6.30. The van der Waals surface area contributed by atoms with Crippen LogP contribution < -0.4 is 10.2 Å². The highest BCUT2D eigenvalue weighted by Gasteiger charge is 2.20. The van der Waals surface area contributed by atoms with Gasteiger partial charge in [-0.2, -0.15) is 0 Å². The lowest BCUT2D eigenvalue weighted by atomic mass is 10.1. The van der Waals surface area contributed by atoms with Crippen molar-refractivity contribution in [3.05, 3.63) is 72.8 Å². The van der Waals surface area contributed by atoms with Gasteiger partial charge in [-0.15, -0.1) is 0 Å². The van der Waals surface area contributed by atoms with Crippen molar-refractivity contribution in [2.45, 2.75) is 6.04 Å². The lowest BCUT2D eigenvalue weighted by Crippen LogP contribution is -2.28. The Labute approximate surface area is 147 Å². The zero-order valence-electron chi connectivity index (χ0n) is 14.2. The van der Waals surface area contributed by atoms with E-state index in [-0.39, 0.29) is 6.04 Å². The molecule has 25 heavy (non-hydrogen) atoms. The molecule has 4 rings (SSSR count). The number of fused-ring (bicyclic) bond motifs is 1. The van der Waals surface area contributed by atoms with Crippen LogP contribution in [0.5, 0.6) is 0 Å². The number of nitrogens with one attached hydrogen (secondary N) is 1. The third-order valence-corrected chi connectivity index (χ3v) is 4.40. The maximum atomic E-state index is 5.69. The van der Waals surface area contributed by atoms with Gasteiger partial charge in [-0.05, 0) is 35.0 Å². The van der Waals surface area contributed by atoms with E-state index < -0.39 is 0 Å². The summed E-state index contributed by atoms with van der Waals surface area (Å²) in [6.07, 6.45) is 0. The molecule has 0 spiro atoms. The van der Waals surface area contributed by atoms with Crippen molar-refractivity contribution >= 4 is 28.2 Å². The average molecular weight is 331 g/mol. The number of anilines is 2. The average Bonchev–Trinajstić information content (AvgIpc) is 3.09. The SMILES string of the molecule is CN(C[C@@H]1COC(Nc2ccccc2)=N1)c1ccc2ccccc2c1. The lowest BCUT2D eigenvalue weighted by Gasteiger charge is -2.21. The fraction of sp³-hybridized carbons (Fsp3) is 0.190. The highest BCUT2D eigenvalue weighted by atomic mass is 16.5. The highest BCUT2D eigenvalue weighted by molar-refractivity contribution is 5.90. The van der Waals surface area contributed by atoms with E-state index in [9.17, 15) is 0 Å². The van der Waals surface area contributed by atoms with E-state index in [1.807, 2.05) is 30.3 Å². The Morgan fingerprint density at radius 1 is 1.00 bits per heavy atom. The van der Waals surface area contributed by atoms with Gasteiger partial charge in [0.05, 0.1) is 0 Å². The van der Waals surface area contributed by atoms with Gasteiger partial charge < -0.3 is 15.0 Å². The van der Waals surface area contributed by atoms with E-state index in [4.69, 9.17) is 4.74 Å². The second kappa shape index (κ2) is 6.85. The summed E-state index contributed by atoms with van der Waals surface area (Å²) < 4.78 is 5.69. The van der Waals surface area contributed by atoms with Crippen LogP contribution in [0.25, 0.3) is 10.8 Å². The highest BCUT2D eigenvalue weighted by Crippen LogP contribution is 2.22. The first kappa shape index (κ1) is 15.5. The number of para-hydroxylation sites is 1. The van der Waals surface area contributed by atoms with Gasteiger partial charge in [0.15, 0.2) is 0 Å². The van der Waals surface area contributed by atoms with Gasteiger partial charge in [-0.3, -0.25) is 0 Å². The molecule has 3 aromatic carbocycles. The molecule has 3 aromatic rings. The topological polar surface area (TPSA) is 36.9 Å². The van der Waals surface area contributed by atoms with Gasteiger partial charge >= 0.3 is 0 Å². The number of hydrogen-bond donors (Lipinski definition) is 1. The smallest absolute Gasteiger partial charge is 0.289 e. The van der Waals surface area contributed by atoms with Crippen LogP contribution in [-0.4, -0.2) is 32.3 Å². The van der Waals surface area contributed by atoms with E-state index in [2.05, 4.69) is 64.7 Å². The number of benzene rings is 3. The van der Waals surface area contributed by atoms with Gasteiger partial charge in [0.25, 0.3) is 6.02 Å². The van der Waals surface area contributed by atoms with Crippen LogP contribution in [0.15, 0.2) is 77.8 Å². The molecule has 0 aliphatic carbocycles. The molecule has 1 heterocycles. The number of aliphatic imine (C=N–C) groups is 1. The number of likely N-dealkylation sites (N-methyl/N-ethyl adjacent to an activating group) is 1. The molecule has 0 saturated heterocycles. The summed E-state index contributed by atoms with van der Waals surface area (Å²) in [4.78, 5) is 6.88. The van der Waals surface area contributed by atoms with Crippen LogP contribution in [0, 0.1) is 0 Å². The second-order valence-corrected chi connectivity index (χ2v) is 6.30. The van der Waals surface area contributed by atoms with Crippen molar-refractivity contribution < 1.29 is 4.74 Å². The predicted molar refractivity (Wildman–Crippen MR) is 104 cm³/mol. The van der Waals surface area contributed by atoms with Crippen molar-refractivity contribution in [1.82, 2.24) is 0 Å². The first-order valence-electron chi connectivity index (χ1n) is 8.50. The van der Waals surface area contributed by atoms with Crippen LogP contribution >= 0.6 is 0 Å². The summed E-state index contributed by atoms with van der Waals surface area (Å²) in [6, 6.07) is 25.7. The van der Waals surface area contributed by atoms with Crippen LogP contribution in [0.3, 0.4) is 0 Å². The number of amidine groups is 1. The third-order valence-electron chi connectivity index (χ3n) is 4.40.